The van der Waals surface area contributed by atoms with Crippen LogP contribution in [0.5, 0.6) is 0 Å². The van der Waals surface area contributed by atoms with Crippen LogP contribution in [0.1, 0.15) is 31.5 Å². The molecule has 6 heteroatoms. The molecule has 0 spiro atoms. The Morgan fingerprint density at radius 3 is 2.94 bits per heavy atom. The summed E-state index contributed by atoms with van der Waals surface area (Å²) < 4.78 is 4.62. The van der Waals surface area contributed by atoms with Crippen LogP contribution in [-0.2, 0) is 9.53 Å². The van der Waals surface area contributed by atoms with Gasteiger partial charge in [0.15, 0.2) is 0 Å². The fourth-order valence-electron chi connectivity index (χ4n) is 1.50. The number of thioether (sulfide) groups is 1. The van der Waals surface area contributed by atoms with Gasteiger partial charge in [0.25, 0.3) is 0 Å². The number of nitrogens with zero attached hydrogens (tertiary/aromatic N) is 2. The van der Waals surface area contributed by atoms with E-state index in [0.29, 0.717) is 5.92 Å². The third-order valence-electron chi connectivity index (χ3n) is 2.59. The van der Waals surface area contributed by atoms with E-state index in [2.05, 4.69) is 20.0 Å². The highest BCUT2D eigenvalue weighted by Gasteiger charge is 2.27. The van der Waals surface area contributed by atoms with Crippen LogP contribution in [0, 0.1) is 0 Å². The van der Waals surface area contributed by atoms with E-state index in [9.17, 15) is 4.79 Å². The van der Waals surface area contributed by atoms with Gasteiger partial charge in [0, 0.05) is 18.5 Å². The zero-order valence-electron chi connectivity index (χ0n) is 10.6. The van der Waals surface area contributed by atoms with E-state index >= 15 is 0 Å². The quantitative estimate of drug-likeness (QED) is 0.483. The second kappa shape index (κ2) is 6.04. The first-order valence-corrected chi connectivity index (χ1v) is 7.04. The highest BCUT2D eigenvalue weighted by atomic mass is 32.2. The number of methoxy groups -OCH3 is 1. The van der Waals surface area contributed by atoms with Gasteiger partial charge in [-0.25, -0.2) is 9.97 Å². The molecule has 1 aliphatic carbocycles. The Hall–Kier alpha value is -1.30. The number of ether oxygens (including phenoxy) is 1. The minimum Gasteiger partial charge on any atom is -0.468 e. The van der Waals surface area contributed by atoms with Gasteiger partial charge < -0.3 is 10.1 Å². The molecule has 0 aliphatic heterocycles. The SMILES string of the molecule is CCNc1cc(SCC(=O)OC)nc(C2CC2)n1. The number of esters is 1. The van der Waals surface area contributed by atoms with Crippen molar-refractivity contribution in [1.29, 1.82) is 0 Å². The fourth-order valence-corrected chi connectivity index (χ4v) is 2.24. The molecule has 1 aromatic heterocycles. The summed E-state index contributed by atoms with van der Waals surface area (Å²) in [6.07, 6.45) is 2.33. The van der Waals surface area contributed by atoms with Crippen molar-refractivity contribution in [1.82, 2.24) is 9.97 Å². The van der Waals surface area contributed by atoms with Crippen LogP contribution in [0.15, 0.2) is 11.1 Å². The molecule has 5 nitrogen and oxygen atoms in total. The molecule has 1 saturated carbocycles. The molecule has 0 unspecified atom stereocenters. The minimum absolute atomic E-state index is 0.239. The number of nitrogens with one attached hydrogen (secondary N) is 1. The molecule has 1 aliphatic rings. The van der Waals surface area contributed by atoms with Gasteiger partial charge in [0.05, 0.1) is 12.9 Å². The van der Waals surface area contributed by atoms with Gasteiger partial charge in [0.1, 0.15) is 16.7 Å². The smallest absolute Gasteiger partial charge is 0.316 e. The number of rotatable bonds is 6. The van der Waals surface area contributed by atoms with Crippen LogP contribution in [0.3, 0.4) is 0 Å². The van der Waals surface area contributed by atoms with Crippen LogP contribution >= 0.6 is 11.8 Å². The summed E-state index contributed by atoms with van der Waals surface area (Å²) in [6.45, 7) is 2.85. The minimum atomic E-state index is -0.239. The lowest BCUT2D eigenvalue weighted by Crippen LogP contribution is -2.06. The molecule has 1 aromatic rings. The van der Waals surface area contributed by atoms with Crippen LogP contribution in [-0.4, -0.2) is 35.3 Å². The monoisotopic (exact) mass is 267 g/mol. The molecular formula is C12H17N3O2S. The number of hydrogen-bond acceptors (Lipinski definition) is 6. The molecular weight excluding hydrogens is 250 g/mol. The van der Waals surface area contributed by atoms with Crippen LogP contribution in [0.4, 0.5) is 5.82 Å². The highest BCUT2D eigenvalue weighted by Crippen LogP contribution is 2.39. The maximum absolute atomic E-state index is 11.1. The number of carbonyl (C=O) groups excluding carboxylic acids is 1. The van der Waals surface area contributed by atoms with Crippen molar-refractivity contribution in [2.24, 2.45) is 0 Å². The second-order valence-corrected chi connectivity index (χ2v) is 5.11. The van der Waals surface area contributed by atoms with Crippen molar-refractivity contribution in [2.75, 3.05) is 24.7 Å². The topological polar surface area (TPSA) is 64.1 Å². The van der Waals surface area contributed by atoms with Crippen molar-refractivity contribution in [2.45, 2.75) is 30.7 Å². The van der Waals surface area contributed by atoms with E-state index in [-0.39, 0.29) is 11.7 Å². The van der Waals surface area contributed by atoms with Gasteiger partial charge in [-0.2, -0.15) is 0 Å². The predicted molar refractivity (Wildman–Crippen MR) is 70.9 cm³/mol. The van der Waals surface area contributed by atoms with Gasteiger partial charge in [0.2, 0.25) is 0 Å². The number of anilines is 1. The Bertz CT molecular complexity index is 435. The van der Waals surface area contributed by atoms with Gasteiger partial charge >= 0.3 is 5.97 Å². The van der Waals surface area contributed by atoms with Crippen LogP contribution in [0.25, 0.3) is 0 Å². The molecule has 2 rings (SSSR count). The lowest BCUT2D eigenvalue weighted by Gasteiger charge is -2.07. The standard InChI is InChI=1S/C12H17N3O2S/c1-3-13-9-6-10(18-7-11(16)17-2)15-12(14-9)8-4-5-8/h6,8H,3-5,7H2,1-2H3,(H,13,14,15). The Labute approximate surface area is 111 Å². The fraction of sp³-hybridized carbons (Fsp3) is 0.583. The second-order valence-electron chi connectivity index (χ2n) is 4.12. The van der Waals surface area contributed by atoms with E-state index in [1.165, 1.54) is 18.9 Å². The Kier molecular flexibility index (Phi) is 4.41. The summed E-state index contributed by atoms with van der Waals surface area (Å²) >= 11 is 1.39. The first-order valence-electron chi connectivity index (χ1n) is 6.05. The van der Waals surface area contributed by atoms with E-state index < -0.39 is 0 Å². The molecule has 0 saturated heterocycles. The normalized spacial score (nSPS) is 14.3. The first kappa shape index (κ1) is 13.1. The van der Waals surface area contributed by atoms with Gasteiger partial charge in [-0.3, -0.25) is 4.79 Å². The summed E-state index contributed by atoms with van der Waals surface area (Å²) in [7, 11) is 1.39. The summed E-state index contributed by atoms with van der Waals surface area (Å²) in [4.78, 5) is 20.1. The molecule has 0 aromatic carbocycles. The van der Waals surface area contributed by atoms with Crippen molar-refractivity contribution in [3.8, 4) is 0 Å². The summed E-state index contributed by atoms with van der Waals surface area (Å²) in [5.74, 6) is 2.27. The van der Waals surface area contributed by atoms with Gasteiger partial charge in [-0.1, -0.05) is 11.8 Å². The number of carbonyl (C=O) groups is 1. The Morgan fingerprint density at radius 1 is 1.56 bits per heavy atom. The maximum Gasteiger partial charge on any atom is 0.316 e. The number of hydrogen-bond donors (Lipinski definition) is 1. The average Bonchev–Trinajstić information content (AvgIpc) is 3.20. The van der Waals surface area contributed by atoms with Gasteiger partial charge in [-0.15, -0.1) is 0 Å². The number of aromatic nitrogens is 2. The zero-order valence-corrected chi connectivity index (χ0v) is 11.4. The summed E-state index contributed by atoms with van der Waals surface area (Å²) in [5.41, 5.74) is 0. The molecule has 98 valence electrons. The van der Waals surface area contributed by atoms with E-state index in [4.69, 9.17) is 0 Å². The summed E-state index contributed by atoms with van der Waals surface area (Å²) in [5, 5.41) is 4.02. The van der Waals surface area contributed by atoms with Crippen LogP contribution in [0.2, 0.25) is 0 Å². The van der Waals surface area contributed by atoms with Crippen molar-refractivity contribution < 1.29 is 9.53 Å². The highest BCUT2D eigenvalue weighted by molar-refractivity contribution is 7.99. The van der Waals surface area contributed by atoms with Crippen molar-refractivity contribution in [3.63, 3.8) is 0 Å². The third kappa shape index (κ3) is 3.60. The summed E-state index contributed by atoms with van der Waals surface area (Å²) in [6, 6.07) is 1.88. The largest absolute Gasteiger partial charge is 0.468 e. The molecule has 18 heavy (non-hydrogen) atoms. The van der Waals surface area contributed by atoms with Gasteiger partial charge in [-0.05, 0) is 19.8 Å². The molecule has 0 bridgehead atoms. The maximum atomic E-state index is 11.1. The molecule has 1 fully saturated rings. The molecule has 1 heterocycles. The lowest BCUT2D eigenvalue weighted by molar-refractivity contribution is -0.137. The molecule has 0 amide bonds. The van der Waals surface area contributed by atoms with E-state index in [0.717, 1.165) is 36.1 Å². The zero-order chi connectivity index (χ0) is 13.0. The Morgan fingerprint density at radius 2 is 2.33 bits per heavy atom. The van der Waals surface area contributed by atoms with E-state index in [1.807, 2.05) is 13.0 Å². The van der Waals surface area contributed by atoms with Crippen molar-refractivity contribution in [3.05, 3.63) is 11.9 Å². The molecule has 1 N–H and O–H groups in total. The predicted octanol–water partition coefficient (Wildman–Crippen LogP) is 2.05. The van der Waals surface area contributed by atoms with E-state index in [1.54, 1.807) is 0 Å². The first-order chi connectivity index (χ1) is 8.72. The van der Waals surface area contributed by atoms with Crippen molar-refractivity contribution >= 4 is 23.5 Å². The molecule has 0 radical (unpaired) electrons. The third-order valence-corrected chi connectivity index (χ3v) is 3.47. The lowest BCUT2D eigenvalue weighted by atomic mass is 10.4. The molecule has 0 atom stereocenters. The Balaban J connectivity index is 2.09. The van der Waals surface area contributed by atoms with Crippen LogP contribution < -0.4 is 5.32 Å². The average molecular weight is 267 g/mol.